The van der Waals surface area contributed by atoms with Crippen molar-refractivity contribution in [1.82, 2.24) is 5.32 Å². The molecule has 7 heteroatoms. The predicted molar refractivity (Wildman–Crippen MR) is 60.7 cm³/mol. The summed E-state index contributed by atoms with van der Waals surface area (Å²) in [6.45, 7) is 2.38. The average molecular weight is 245 g/mol. The zero-order valence-corrected chi connectivity index (χ0v) is 9.90. The van der Waals surface area contributed by atoms with Crippen molar-refractivity contribution in [3.63, 3.8) is 0 Å². The molecule has 1 unspecified atom stereocenters. The Balaban J connectivity index is 3.64. The number of nitrogens with two attached hydrogens (primary N) is 2. The van der Waals surface area contributed by atoms with Crippen LogP contribution >= 0.6 is 0 Å². The van der Waals surface area contributed by atoms with E-state index in [0.717, 1.165) is 0 Å². The standard InChI is InChI=1S/C10H19N3O4/c1-2-17-9(15)4-3-5-13-10(16)7(11)6-8(12)14/h7H,2-6,11H2,1H3,(H2,12,14)(H,13,16). The predicted octanol–water partition coefficient (Wildman–Crippen LogP) is -1.35. The van der Waals surface area contributed by atoms with Crippen molar-refractivity contribution < 1.29 is 19.1 Å². The molecule has 0 aromatic rings. The maximum atomic E-state index is 11.3. The number of carbonyl (C=O) groups excluding carboxylic acids is 3. The van der Waals surface area contributed by atoms with Gasteiger partial charge in [0.25, 0.3) is 0 Å². The molecule has 0 fully saturated rings. The third-order valence-corrected chi connectivity index (χ3v) is 1.92. The van der Waals surface area contributed by atoms with Crippen LogP contribution in [0.5, 0.6) is 0 Å². The minimum atomic E-state index is -0.935. The van der Waals surface area contributed by atoms with Crippen LogP contribution in [-0.2, 0) is 19.1 Å². The second kappa shape index (κ2) is 8.51. The van der Waals surface area contributed by atoms with Gasteiger partial charge in [-0.25, -0.2) is 0 Å². The smallest absolute Gasteiger partial charge is 0.305 e. The average Bonchev–Trinajstić information content (AvgIpc) is 2.23. The zero-order chi connectivity index (χ0) is 13.3. The SMILES string of the molecule is CCOC(=O)CCCNC(=O)C(N)CC(N)=O. The summed E-state index contributed by atoms with van der Waals surface area (Å²) in [5.74, 6) is -1.38. The molecule has 0 heterocycles. The summed E-state index contributed by atoms with van der Waals surface area (Å²) < 4.78 is 4.71. The van der Waals surface area contributed by atoms with Gasteiger partial charge in [-0.05, 0) is 13.3 Å². The monoisotopic (exact) mass is 245 g/mol. The highest BCUT2D eigenvalue weighted by Gasteiger charge is 2.15. The van der Waals surface area contributed by atoms with Crippen LogP contribution in [0.1, 0.15) is 26.2 Å². The van der Waals surface area contributed by atoms with E-state index in [1.54, 1.807) is 6.92 Å². The molecule has 98 valence electrons. The van der Waals surface area contributed by atoms with Crippen molar-refractivity contribution in [1.29, 1.82) is 0 Å². The molecule has 0 aromatic carbocycles. The van der Waals surface area contributed by atoms with E-state index in [4.69, 9.17) is 16.2 Å². The van der Waals surface area contributed by atoms with Crippen molar-refractivity contribution >= 4 is 17.8 Å². The number of ether oxygens (including phenoxy) is 1. The van der Waals surface area contributed by atoms with Gasteiger partial charge in [-0.1, -0.05) is 0 Å². The highest BCUT2D eigenvalue weighted by Crippen LogP contribution is 1.92. The van der Waals surface area contributed by atoms with E-state index < -0.39 is 17.9 Å². The first kappa shape index (κ1) is 15.4. The van der Waals surface area contributed by atoms with Gasteiger partial charge in [-0.2, -0.15) is 0 Å². The van der Waals surface area contributed by atoms with E-state index >= 15 is 0 Å². The fourth-order valence-corrected chi connectivity index (χ4v) is 1.12. The topological polar surface area (TPSA) is 125 Å². The Bertz CT molecular complexity index is 281. The molecule has 0 spiro atoms. The molecule has 1 atom stereocenters. The third-order valence-electron chi connectivity index (χ3n) is 1.92. The molecule has 17 heavy (non-hydrogen) atoms. The fraction of sp³-hybridized carbons (Fsp3) is 0.700. The quantitative estimate of drug-likeness (QED) is 0.360. The number of esters is 1. The zero-order valence-electron chi connectivity index (χ0n) is 9.90. The summed E-state index contributed by atoms with van der Waals surface area (Å²) in [7, 11) is 0. The molecule has 0 aliphatic rings. The second-order valence-electron chi connectivity index (χ2n) is 3.48. The Morgan fingerprint density at radius 3 is 2.53 bits per heavy atom. The Labute approximate surface area is 99.9 Å². The molecule has 0 bridgehead atoms. The molecular formula is C10H19N3O4. The van der Waals surface area contributed by atoms with Crippen LogP contribution in [0, 0.1) is 0 Å². The highest BCUT2D eigenvalue weighted by atomic mass is 16.5. The first-order valence-corrected chi connectivity index (χ1v) is 5.44. The Morgan fingerprint density at radius 2 is 2.00 bits per heavy atom. The van der Waals surface area contributed by atoms with Gasteiger partial charge in [0.2, 0.25) is 11.8 Å². The van der Waals surface area contributed by atoms with Crippen LogP contribution in [-0.4, -0.2) is 37.0 Å². The molecule has 7 nitrogen and oxygen atoms in total. The largest absolute Gasteiger partial charge is 0.466 e. The third kappa shape index (κ3) is 8.21. The molecule has 2 amide bonds. The molecule has 0 aliphatic heterocycles. The van der Waals surface area contributed by atoms with Gasteiger partial charge in [-0.3, -0.25) is 14.4 Å². The molecule has 0 saturated heterocycles. The number of hydrogen-bond acceptors (Lipinski definition) is 5. The molecule has 0 aromatic heterocycles. The van der Waals surface area contributed by atoms with E-state index in [0.29, 0.717) is 19.6 Å². The summed E-state index contributed by atoms with van der Waals surface area (Å²) in [6.07, 6.45) is 0.511. The lowest BCUT2D eigenvalue weighted by molar-refractivity contribution is -0.143. The minimum Gasteiger partial charge on any atom is -0.466 e. The lowest BCUT2D eigenvalue weighted by atomic mass is 10.2. The van der Waals surface area contributed by atoms with Gasteiger partial charge in [0.05, 0.1) is 19.1 Å². The molecule has 5 N–H and O–H groups in total. The van der Waals surface area contributed by atoms with Gasteiger partial charge < -0.3 is 21.5 Å². The maximum Gasteiger partial charge on any atom is 0.305 e. The van der Waals surface area contributed by atoms with Crippen LogP contribution < -0.4 is 16.8 Å². The van der Waals surface area contributed by atoms with Gasteiger partial charge in [0, 0.05) is 13.0 Å². The second-order valence-corrected chi connectivity index (χ2v) is 3.48. The first-order valence-electron chi connectivity index (χ1n) is 5.44. The van der Waals surface area contributed by atoms with Crippen molar-refractivity contribution in [3.05, 3.63) is 0 Å². The van der Waals surface area contributed by atoms with Crippen molar-refractivity contribution in [3.8, 4) is 0 Å². The molecule has 0 rings (SSSR count). The number of carbonyl (C=O) groups is 3. The number of primary amides is 1. The van der Waals surface area contributed by atoms with Crippen LogP contribution in [0.2, 0.25) is 0 Å². The van der Waals surface area contributed by atoms with Gasteiger partial charge in [-0.15, -0.1) is 0 Å². The van der Waals surface area contributed by atoms with Crippen LogP contribution in [0.3, 0.4) is 0 Å². The highest BCUT2D eigenvalue weighted by molar-refractivity contribution is 5.87. The summed E-state index contributed by atoms with van der Waals surface area (Å²) in [6, 6.07) is -0.935. The number of amides is 2. The van der Waals surface area contributed by atoms with Gasteiger partial charge >= 0.3 is 5.97 Å². The van der Waals surface area contributed by atoms with Crippen molar-refractivity contribution in [2.75, 3.05) is 13.2 Å². The van der Waals surface area contributed by atoms with Gasteiger partial charge in [0.15, 0.2) is 0 Å². The van der Waals surface area contributed by atoms with Crippen LogP contribution in [0.4, 0.5) is 0 Å². The summed E-state index contributed by atoms with van der Waals surface area (Å²) in [5.41, 5.74) is 10.3. The first-order chi connectivity index (χ1) is 7.97. The Kier molecular flexibility index (Phi) is 7.70. The summed E-state index contributed by atoms with van der Waals surface area (Å²) in [5, 5.41) is 2.51. The fourth-order valence-electron chi connectivity index (χ4n) is 1.12. The van der Waals surface area contributed by atoms with E-state index in [2.05, 4.69) is 5.32 Å². The lowest BCUT2D eigenvalue weighted by Crippen LogP contribution is -2.43. The summed E-state index contributed by atoms with van der Waals surface area (Å²) >= 11 is 0. The Morgan fingerprint density at radius 1 is 1.35 bits per heavy atom. The number of hydrogen-bond donors (Lipinski definition) is 3. The number of nitrogens with one attached hydrogen (secondary N) is 1. The maximum absolute atomic E-state index is 11.3. The Hall–Kier alpha value is -1.63. The van der Waals surface area contributed by atoms with Crippen LogP contribution in [0.15, 0.2) is 0 Å². The normalized spacial score (nSPS) is 11.6. The van der Waals surface area contributed by atoms with Crippen LogP contribution in [0.25, 0.3) is 0 Å². The molecule has 0 saturated carbocycles. The van der Waals surface area contributed by atoms with Crippen molar-refractivity contribution in [2.24, 2.45) is 11.5 Å². The molecule has 0 radical (unpaired) electrons. The summed E-state index contributed by atoms with van der Waals surface area (Å²) in [4.78, 5) is 32.7. The molecular weight excluding hydrogens is 226 g/mol. The van der Waals surface area contributed by atoms with E-state index in [-0.39, 0.29) is 18.8 Å². The lowest BCUT2D eigenvalue weighted by Gasteiger charge is -2.10. The van der Waals surface area contributed by atoms with E-state index in [9.17, 15) is 14.4 Å². The van der Waals surface area contributed by atoms with E-state index in [1.807, 2.05) is 0 Å². The number of rotatable bonds is 8. The van der Waals surface area contributed by atoms with Gasteiger partial charge in [0.1, 0.15) is 0 Å². The minimum absolute atomic E-state index is 0.191. The molecule has 0 aliphatic carbocycles. The van der Waals surface area contributed by atoms with Crippen molar-refractivity contribution in [2.45, 2.75) is 32.2 Å². The van der Waals surface area contributed by atoms with E-state index in [1.165, 1.54) is 0 Å².